The molecule has 2 aromatic carbocycles. The van der Waals surface area contributed by atoms with E-state index in [0.717, 1.165) is 5.56 Å². The highest BCUT2D eigenvalue weighted by atomic mass is 16.5. The van der Waals surface area contributed by atoms with Crippen molar-refractivity contribution in [1.29, 1.82) is 5.26 Å². The first-order valence-corrected chi connectivity index (χ1v) is 10.3. The SMILES string of the molecule is C=C(C#N)C(=O)Nc1cccc(Oc2ncnc(N)c2-c2cnn(Cc3cccc(C)c3)c2)c1. The molecule has 0 saturated heterocycles. The molecule has 0 bridgehead atoms. The summed E-state index contributed by atoms with van der Waals surface area (Å²) in [5.41, 5.74) is 9.92. The lowest BCUT2D eigenvalue weighted by Crippen LogP contribution is -2.12. The number of nitrogens with two attached hydrogens (primary N) is 1. The van der Waals surface area contributed by atoms with E-state index in [0.29, 0.717) is 29.1 Å². The van der Waals surface area contributed by atoms with Gasteiger partial charge in [-0.25, -0.2) is 9.97 Å². The molecule has 0 spiro atoms. The van der Waals surface area contributed by atoms with E-state index in [1.54, 1.807) is 41.2 Å². The van der Waals surface area contributed by atoms with Gasteiger partial charge in [-0.05, 0) is 24.6 Å². The van der Waals surface area contributed by atoms with Crippen molar-refractivity contribution >= 4 is 17.4 Å². The number of hydrogen-bond acceptors (Lipinski definition) is 7. The molecule has 4 rings (SSSR count). The van der Waals surface area contributed by atoms with Crippen LogP contribution in [-0.4, -0.2) is 25.7 Å². The van der Waals surface area contributed by atoms with Crippen molar-refractivity contribution in [1.82, 2.24) is 19.7 Å². The number of aromatic nitrogens is 4. The molecule has 0 aliphatic carbocycles. The Hall–Kier alpha value is -4.97. The van der Waals surface area contributed by atoms with Gasteiger partial charge < -0.3 is 15.8 Å². The lowest BCUT2D eigenvalue weighted by atomic mass is 10.1. The zero-order valence-corrected chi connectivity index (χ0v) is 18.4. The Bertz CT molecular complexity index is 1420. The standard InChI is InChI=1S/C25H21N7O2/c1-16-5-3-6-18(9-16)13-32-14-19(12-30-32)22-23(27)28-15-29-25(22)34-21-8-4-7-20(10-21)31-24(33)17(2)11-26/h3-10,12,14-15H,2,13H2,1H3,(H,31,33)(H2,27,28,29). The van der Waals surface area contributed by atoms with E-state index < -0.39 is 5.91 Å². The predicted octanol–water partition coefficient (Wildman–Crippen LogP) is 4.09. The number of hydrogen-bond donors (Lipinski definition) is 2. The summed E-state index contributed by atoms with van der Waals surface area (Å²) in [6.07, 6.45) is 4.85. The molecular formula is C25H21N7O2. The molecule has 3 N–H and O–H groups in total. The summed E-state index contributed by atoms with van der Waals surface area (Å²) < 4.78 is 7.79. The van der Waals surface area contributed by atoms with Gasteiger partial charge in [-0.2, -0.15) is 10.4 Å². The smallest absolute Gasteiger partial charge is 0.265 e. The predicted molar refractivity (Wildman–Crippen MR) is 128 cm³/mol. The van der Waals surface area contributed by atoms with Gasteiger partial charge in [0.05, 0.1) is 18.3 Å². The van der Waals surface area contributed by atoms with Gasteiger partial charge in [0.15, 0.2) is 0 Å². The zero-order chi connectivity index (χ0) is 24.1. The highest BCUT2D eigenvalue weighted by molar-refractivity contribution is 6.06. The second-order valence-electron chi connectivity index (χ2n) is 7.53. The number of amides is 1. The van der Waals surface area contributed by atoms with Crippen LogP contribution in [0.4, 0.5) is 11.5 Å². The molecule has 0 fully saturated rings. The van der Waals surface area contributed by atoms with Crippen molar-refractivity contribution in [3.05, 3.63) is 90.5 Å². The number of nitrogens with one attached hydrogen (secondary N) is 1. The minimum Gasteiger partial charge on any atom is -0.438 e. The Morgan fingerprint density at radius 2 is 2.06 bits per heavy atom. The monoisotopic (exact) mass is 451 g/mol. The molecule has 1 amide bonds. The van der Waals surface area contributed by atoms with Crippen molar-refractivity contribution in [3.63, 3.8) is 0 Å². The van der Waals surface area contributed by atoms with Crippen LogP contribution in [0.3, 0.4) is 0 Å². The fraction of sp³-hybridized carbons (Fsp3) is 0.0800. The molecule has 0 atom stereocenters. The zero-order valence-electron chi connectivity index (χ0n) is 18.4. The minimum absolute atomic E-state index is 0.195. The maximum absolute atomic E-state index is 11.9. The van der Waals surface area contributed by atoms with E-state index >= 15 is 0 Å². The molecule has 2 heterocycles. The number of benzene rings is 2. The Labute approximate surface area is 196 Å². The number of anilines is 2. The number of aryl methyl sites for hydroxylation is 1. The van der Waals surface area contributed by atoms with Crippen molar-refractivity contribution in [2.75, 3.05) is 11.1 Å². The third-order valence-corrected chi connectivity index (χ3v) is 4.91. The summed E-state index contributed by atoms with van der Waals surface area (Å²) in [5, 5.41) is 15.9. The summed E-state index contributed by atoms with van der Waals surface area (Å²) in [6.45, 7) is 6.05. The highest BCUT2D eigenvalue weighted by Gasteiger charge is 2.16. The van der Waals surface area contributed by atoms with Gasteiger partial charge in [0, 0.05) is 23.5 Å². The molecule has 0 radical (unpaired) electrons. The first kappa shape index (κ1) is 22.2. The second-order valence-corrected chi connectivity index (χ2v) is 7.53. The molecule has 0 unspecified atom stereocenters. The summed E-state index contributed by atoms with van der Waals surface area (Å²) in [7, 11) is 0. The van der Waals surface area contributed by atoms with E-state index in [-0.39, 0.29) is 17.3 Å². The Morgan fingerprint density at radius 3 is 2.85 bits per heavy atom. The van der Waals surface area contributed by atoms with Gasteiger partial charge in [-0.1, -0.05) is 42.5 Å². The van der Waals surface area contributed by atoms with Crippen LogP contribution in [0.1, 0.15) is 11.1 Å². The number of carbonyl (C=O) groups is 1. The molecule has 0 aliphatic heterocycles. The van der Waals surface area contributed by atoms with Crippen LogP contribution >= 0.6 is 0 Å². The largest absolute Gasteiger partial charge is 0.438 e. The summed E-state index contributed by atoms with van der Waals surface area (Å²) in [6, 6.07) is 16.6. The number of nitrogens with zero attached hydrogens (tertiary/aromatic N) is 5. The van der Waals surface area contributed by atoms with Crippen molar-refractivity contribution < 1.29 is 9.53 Å². The van der Waals surface area contributed by atoms with Crippen LogP contribution in [0.2, 0.25) is 0 Å². The molecule has 168 valence electrons. The van der Waals surface area contributed by atoms with E-state index in [4.69, 9.17) is 15.7 Å². The quantitative estimate of drug-likeness (QED) is 0.319. The van der Waals surface area contributed by atoms with E-state index in [9.17, 15) is 4.79 Å². The fourth-order valence-electron chi connectivity index (χ4n) is 3.31. The maximum atomic E-state index is 11.9. The molecule has 9 nitrogen and oxygen atoms in total. The number of carbonyl (C=O) groups excluding carboxylic acids is 1. The van der Waals surface area contributed by atoms with Crippen LogP contribution in [0, 0.1) is 18.3 Å². The van der Waals surface area contributed by atoms with Gasteiger partial charge in [-0.15, -0.1) is 0 Å². The normalized spacial score (nSPS) is 10.4. The topological polar surface area (TPSA) is 132 Å². The molecular weight excluding hydrogens is 430 g/mol. The number of rotatable bonds is 7. The van der Waals surface area contributed by atoms with Crippen LogP contribution in [0.15, 0.2) is 79.4 Å². The lowest BCUT2D eigenvalue weighted by molar-refractivity contribution is -0.112. The minimum atomic E-state index is -0.590. The average Bonchev–Trinajstić information content (AvgIpc) is 3.26. The molecule has 0 aliphatic rings. The Balaban J connectivity index is 1.58. The van der Waals surface area contributed by atoms with Crippen LogP contribution in [0.5, 0.6) is 11.6 Å². The fourth-order valence-corrected chi connectivity index (χ4v) is 3.31. The third kappa shape index (κ3) is 5.08. The number of nitrogen functional groups attached to an aromatic ring is 1. The first-order chi connectivity index (χ1) is 16.4. The number of nitriles is 1. The lowest BCUT2D eigenvalue weighted by Gasteiger charge is -2.11. The van der Waals surface area contributed by atoms with Gasteiger partial charge in [0.2, 0.25) is 5.88 Å². The first-order valence-electron chi connectivity index (χ1n) is 10.3. The van der Waals surface area contributed by atoms with E-state index in [1.807, 2.05) is 31.3 Å². The summed E-state index contributed by atoms with van der Waals surface area (Å²) >= 11 is 0. The van der Waals surface area contributed by atoms with Crippen molar-refractivity contribution in [2.24, 2.45) is 0 Å². The molecule has 2 aromatic heterocycles. The molecule has 4 aromatic rings. The van der Waals surface area contributed by atoms with Crippen LogP contribution in [-0.2, 0) is 11.3 Å². The van der Waals surface area contributed by atoms with Gasteiger partial charge in [0.1, 0.15) is 29.5 Å². The average molecular weight is 451 g/mol. The van der Waals surface area contributed by atoms with E-state index in [2.05, 4.69) is 33.0 Å². The Kier molecular flexibility index (Phi) is 6.32. The highest BCUT2D eigenvalue weighted by Crippen LogP contribution is 2.35. The summed E-state index contributed by atoms with van der Waals surface area (Å²) in [4.78, 5) is 20.3. The van der Waals surface area contributed by atoms with Crippen molar-refractivity contribution in [2.45, 2.75) is 13.5 Å². The van der Waals surface area contributed by atoms with E-state index in [1.165, 1.54) is 11.9 Å². The molecule has 0 saturated carbocycles. The van der Waals surface area contributed by atoms with Crippen LogP contribution in [0.25, 0.3) is 11.1 Å². The molecule has 9 heteroatoms. The van der Waals surface area contributed by atoms with Gasteiger partial charge >= 0.3 is 0 Å². The summed E-state index contributed by atoms with van der Waals surface area (Å²) in [5.74, 6) is 0.307. The molecule has 34 heavy (non-hydrogen) atoms. The van der Waals surface area contributed by atoms with Gasteiger partial charge in [-0.3, -0.25) is 9.48 Å². The maximum Gasteiger partial charge on any atom is 0.265 e. The van der Waals surface area contributed by atoms with Gasteiger partial charge in [0.25, 0.3) is 5.91 Å². The third-order valence-electron chi connectivity index (χ3n) is 4.91. The Morgan fingerprint density at radius 1 is 1.24 bits per heavy atom. The van der Waals surface area contributed by atoms with Crippen molar-refractivity contribution in [3.8, 4) is 28.8 Å². The number of ether oxygens (including phenoxy) is 1. The second kappa shape index (κ2) is 9.67. The van der Waals surface area contributed by atoms with Crippen LogP contribution < -0.4 is 15.8 Å².